The molecule has 4 N–H and O–H groups in total. The fourth-order valence-corrected chi connectivity index (χ4v) is 3.99. The molecule has 22 heavy (non-hydrogen) atoms. The molecule has 2 heterocycles. The number of nitrogens with zero attached hydrogens (tertiary/aromatic N) is 1. The number of benzene rings is 1. The molecule has 0 spiro atoms. The van der Waals surface area contributed by atoms with Crippen molar-refractivity contribution in [3.05, 3.63) is 34.5 Å². The van der Waals surface area contributed by atoms with Gasteiger partial charge >= 0.3 is 0 Å². The van der Waals surface area contributed by atoms with E-state index in [0.29, 0.717) is 0 Å². The molecule has 0 bridgehead atoms. The zero-order chi connectivity index (χ0) is 15.7. The molecule has 118 valence electrons. The third kappa shape index (κ3) is 3.27. The zero-order valence-corrected chi connectivity index (χ0v) is 13.9. The Balaban J connectivity index is 1.85. The summed E-state index contributed by atoms with van der Waals surface area (Å²) in [6.45, 7) is 7.11. The Morgan fingerprint density at radius 3 is 2.59 bits per heavy atom. The summed E-state index contributed by atoms with van der Waals surface area (Å²) >= 11 is 1.71. The predicted octanol–water partition coefficient (Wildman–Crippen LogP) is 3.19. The molecule has 0 aliphatic carbocycles. The number of hydrogen-bond donors (Lipinski definition) is 2. The summed E-state index contributed by atoms with van der Waals surface area (Å²) < 4.78 is 5.81. The zero-order valence-electron chi connectivity index (χ0n) is 13.1. The van der Waals surface area contributed by atoms with Gasteiger partial charge in [0.2, 0.25) is 0 Å². The molecule has 1 aromatic heterocycles. The highest BCUT2D eigenvalue weighted by molar-refractivity contribution is 7.08. The lowest BCUT2D eigenvalue weighted by Gasteiger charge is -2.35. The van der Waals surface area contributed by atoms with Crippen molar-refractivity contribution in [2.45, 2.75) is 32.6 Å². The summed E-state index contributed by atoms with van der Waals surface area (Å²) in [6, 6.07) is 5.69. The summed E-state index contributed by atoms with van der Waals surface area (Å²) in [5.74, 6) is 0. The standard InChI is InChI=1S/C17H23N3OS/c1-11-6-20(7-12(2)21-11)8-13-9-22-10-16(13)15-5-14(18)3-4-17(15)19/h3-5,9-12H,6-8,18-19H2,1-2H3. The van der Waals surface area contributed by atoms with Crippen molar-refractivity contribution in [1.82, 2.24) is 4.90 Å². The van der Waals surface area contributed by atoms with Gasteiger partial charge in [0.1, 0.15) is 0 Å². The first kappa shape index (κ1) is 15.3. The summed E-state index contributed by atoms with van der Waals surface area (Å²) in [4.78, 5) is 2.45. The minimum Gasteiger partial charge on any atom is -0.399 e. The van der Waals surface area contributed by atoms with Crippen LogP contribution in [0.25, 0.3) is 11.1 Å². The van der Waals surface area contributed by atoms with Crippen LogP contribution >= 0.6 is 11.3 Å². The van der Waals surface area contributed by atoms with Gasteiger partial charge < -0.3 is 16.2 Å². The Bertz CT molecular complexity index is 645. The summed E-state index contributed by atoms with van der Waals surface area (Å²) in [5.41, 5.74) is 17.1. The quantitative estimate of drug-likeness (QED) is 0.853. The van der Waals surface area contributed by atoms with Gasteiger partial charge in [-0.2, -0.15) is 11.3 Å². The predicted molar refractivity (Wildman–Crippen MR) is 93.9 cm³/mol. The van der Waals surface area contributed by atoms with Crippen LogP contribution in [0.3, 0.4) is 0 Å². The van der Waals surface area contributed by atoms with Crippen LogP contribution in [0.4, 0.5) is 11.4 Å². The fourth-order valence-electron chi connectivity index (χ4n) is 3.14. The number of nitrogens with two attached hydrogens (primary N) is 2. The molecule has 2 atom stereocenters. The van der Waals surface area contributed by atoms with E-state index in [9.17, 15) is 0 Å². The Morgan fingerprint density at radius 2 is 1.86 bits per heavy atom. The third-order valence-corrected chi connectivity index (χ3v) is 4.79. The van der Waals surface area contributed by atoms with Crippen LogP contribution in [0.15, 0.2) is 29.0 Å². The lowest BCUT2D eigenvalue weighted by molar-refractivity contribution is -0.0704. The average Bonchev–Trinajstić information content (AvgIpc) is 2.88. The number of hydrogen-bond acceptors (Lipinski definition) is 5. The van der Waals surface area contributed by atoms with Gasteiger partial charge in [-0.1, -0.05) is 0 Å². The normalized spacial score (nSPS) is 22.8. The molecule has 2 unspecified atom stereocenters. The van der Waals surface area contributed by atoms with Crippen molar-refractivity contribution in [3.8, 4) is 11.1 Å². The number of anilines is 2. The van der Waals surface area contributed by atoms with Gasteiger partial charge in [0.05, 0.1) is 12.2 Å². The lowest BCUT2D eigenvalue weighted by atomic mass is 10.0. The molecule has 0 radical (unpaired) electrons. The molecule has 5 heteroatoms. The van der Waals surface area contributed by atoms with E-state index in [0.717, 1.165) is 36.6 Å². The maximum Gasteiger partial charge on any atom is 0.0678 e. The highest BCUT2D eigenvalue weighted by Gasteiger charge is 2.23. The highest BCUT2D eigenvalue weighted by atomic mass is 32.1. The molecule has 1 fully saturated rings. The number of thiophene rings is 1. The van der Waals surface area contributed by atoms with E-state index < -0.39 is 0 Å². The number of rotatable bonds is 3. The minimum atomic E-state index is 0.281. The van der Waals surface area contributed by atoms with Crippen molar-refractivity contribution in [2.75, 3.05) is 24.6 Å². The molecule has 1 aliphatic rings. The first-order chi connectivity index (χ1) is 10.5. The van der Waals surface area contributed by atoms with Crippen LogP contribution in [-0.2, 0) is 11.3 Å². The molecule has 4 nitrogen and oxygen atoms in total. The van der Waals surface area contributed by atoms with Gasteiger partial charge in [-0.15, -0.1) is 0 Å². The second kappa shape index (κ2) is 6.28. The average molecular weight is 317 g/mol. The second-order valence-electron chi connectivity index (χ2n) is 6.11. The number of nitrogen functional groups attached to an aromatic ring is 2. The Morgan fingerprint density at radius 1 is 1.14 bits per heavy atom. The van der Waals surface area contributed by atoms with E-state index >= 15 is 0 Å². The van der Waals surface area contributed by atoms with Crippen LogP contribution in [0.5, 0.6) is 0 Å². The number of morpholine rings is 1. The van der Waals surface area contributed by atoms with E-state index in [2.05, 4.69) is 29.5 Å². The molecule has 2 aromatic rings. The molecule has 0 saturated carbocycles. The summed E-state index contributed by atoms with van der Waals surface area (Å²) in [6.07, 6.45) is 0.562. The van der Waals surface area contributed by atoms with Gasteiger partial charge in [0.25, 0.3) is 0 Å². The molecule has 1 aliphatic heterocycles. The monoisotopic (exact) mass is 317 g/mol. The van der Waals surface area contributed by atoms with E-state index in [4.69, 9.17) is 16.2 Å². The summed E-state index contributed by atoms with van der Waals surface area (Å²) in [5, 5.41) is 4.37. The van der Waals surface area contributed by atoms with Crippen molar-refractivity contribution in [1.29, 1.82) is 0 Å². The SMILES string of the molecule is CC1CN(Cc2cscc2-c2cc(N)ccc2N)CC(C)O1. The van der Waals surface area contributed by atoms with Crippen molar-refractivity contribution in [3.63, 3.8) is 0 Å². The van der Waals surface area contributed by atoms with E-state index in [1.54, 1.807) is 11.3 Å². The van der Waals surface area contributed by atoms with Crippen LogP contribution in [0.2, 0.25) is 0 Å². The maximum absolute atomic E-state index is 6.14. The topological polar surface area (TPSA) is 64.5 Å². The number of ether oxygens (including phenoxy) is 1. The van der Waals surface area contributed by atoms with E-state index in [1.807, 2.05) is 18.2 Å². The first-order valence-corrected chi connectivity index (χ1v) is 8.55. The smallest absolute Gasteiger partial charge is 0.0678 e. The highest BCUT2D eigenvalue weighted by Crippen LogP contribution is 2.34. The molecule has 3 rings (SSSR count). The van der Waals surface area contributed by atoms with Gasteiger partial charge in [-0.3, -0.25) is 4.90 Å². The molecular weight excluding hydrogens is 294 g/mol. The van der Waals surface area contributed by atoms with Crippen LogP contribution in [-0.4, -0.2) is 30.2 Å². The Hall–Kier alpha value is -1.56. The Kier molecular flexibility index (Phi) is 4.38. The summed E-state index contributed by atoms with van der Waals surface area (Å²) in [7, 11) is 0. The van der Waals surface area contributed by atoms with Crippen molar-refractivity contribution < 1.29 is 4.74 Å². The second-order valence-corrected chi connectivity index (χ2v) is 6.85. The molecule has 1 saturated heterocycles. The molecule has 1 aromatic carbocycles. The van der Waals surface area contributed by atoms with Crippen molar-refractivity contribution in [2.24, 2.45) is 0 Å². The van der Waals surface area contributed by atoms with Crippen LogP contribution < -0.4 is 11.5 Å². The van der Waals surface area contributed by atoms with Crippen LogP contribution in [0, 0.1) is 0 Å². The fraction of sp³-hybridized carbons (Fsp3) is 0.412. The minimum absolute atomic E-state index is 0.281. The Labute approximate surface area is 135 Å². The lowest BCUT2D eigenvalue weighted by Crippen LogP contribution is -2.44. The van der Waals surface area contributed by atoms with E-state index in [-0.39, 0.29) is 12.2 Å². The maximum atomic E-state index is 6.14. The van der Waals surface area contributed by atoms with Gasteiger partial charge in [-0.25, -0.2) is 0 Å². The van der Waals surface area contributed by atoms with Gasteiger partial charge in [-0.05, 0) is 53.9 Å². The van der Waals surface area contributed by atoms with E-state index in [1.165, 1.54) is 11.1 Å². The third-order valence-electron chi connectivity index (χ3n) is 4.00. The molecular formula is C17H23N3OS. The molecule has 0 amide bonds. The van der Waals surface area contributed by atoms with Gasteiger partial charge in [0, 0.05) is 36.6 Å². The van der Waals surface area contributed by atoms with Gasteiger partial charge in [0.15, 0.2) is 0 Å². The van der Waals surface area contributed by atoms with Crippen molar-refractivity contribution >= 4 is 22.7 Å². The first-order valence-electron chi connectivity index (χ1n) is 7.61. The van der Waals surface area contributed by atoms with Crippen LogP contribution in [0.1, 0.15) is 19.4 Å². The largest absolute Gasteiger partial charge is 0.399 e.